The third kappa shape index (κ3) is 16.0. The number of likely N-dealkylation sites (tertiary alicyclic amines) is 1. The largest absolute Gasteiger partial charge is 0.507 e. The number of rotatable bonds is 20. The Hall–Kier alpha value is -5.46. The number of aldehydes is 2. The number of aryl methyl sites for hydroxylation is 2. The van der Waals surface area contributed by atoms with Gasteiger partial charge in [-0.1, -0.05) is 51.0 Å². The molecule has 3 aromatic rings. The van der Waals surface area contributed by atoms with Crippen LogP contribution >= 0.6 is 0 Å². The van der Waals surface area contributed by atoms with Crippen molar-refractivity contribution < 1.29 is 33.8 Å². The molecule has 2 unspecified atom stereocenters. The number of nitrogens with zero attached hydrogens (tertiary/aromatic N) is 3. The first-order chi connectivity index (χ1) is 30.4. The summed E-state index contributed by atoms with van der Waals surface area (Å²) in [4.78, 5) is 62.6. The van der Waals surface area contributed by atoms with Crippen LogP contribution in [0.3, 0.4) is 0 Å². The van der Waals surface area contributed by atoms with E-state index in [2.05, 4.69) is 91.3 Å². The zero-order chi connectivity index (χ0) is 47.0. The molecular weight excluding hydrogens is 795 g/mol. The van der Waals surface area contributed by atoms with E-state index >= 15 is 0 Å². The number of carbonyl (C=O) groups excluding carboxylic acids is 5. The van der Waals surface area contributed by atoms with Crippen LogP contribution in [0.15, 0.2) is 67.6 Å². The highest BCUT2D eigenvalue weighted by Gasteiger charge is 2.54. The summed E-state index contributed by atoms with van der Waals surface area (Å²) in [6, 6.07) is 10.8. The van der Waals surface area contributed by atoms with Gasteiger partial charge in [-0.3, -0.25) is 19.4 Å². The number of unbranched alkanes of at least 4 members (excludes halogenated alkanes) is 2. The number of hydrogen-bond acceptors (Lipinski definition) is 11. The molecule has 1 saturated heterocycles. The quantitative estimate of drug-likeness (QED) is 0.0437. The van der Waals surface area contributed by atoms with E-state index in [4.69, 9.17) is 9.53 Å². The Bertz CT molecular complexity index is 1930. The topological polar surface area (TPSA) is 158 Å². The predicted molar refractivity (Wildman–Crippen MR) is 253 cm³/mol. The van der Waals surface area contributed by atoms with Crippen LogP contribution in [0.4, 0.5) is 0 Å². The van der Waals surface area contributed by atoms with Crippen molar-refractivity contribution in [2.75, 3.05) is 54.9 Å². The Morgan fingerprint density at radius 3 is 2.37 bits per heavy atom. The SMILES string of the molecule is C=CCCCC.C=O.CCc1cc(/C(=C/NC)c2ccncc2C)cc(OC)c1CN(C)CC1CC12CCN(C)CC2.CNC(=O)C(CCC=O)CC(=O)c1cccc(O)c1C=O. The number of aromatic hydroxyl groups is 1. The molecule has 2 fully saturated rings. The van der Waals surface area contributed by atoms with Crippen LogP contribution in [0.25, 0.3) is 5.57 Å². The van der Waals surface area contributed by atoms with Crippen molar-refractivity contribution in [1.82, 2.24) is 25.4 Å². The molecule has 1 aliphatic heterocycles. The van der Waals surface area contributed by atoms with E-state index in [-0.39, 0.29) is 42.0 Å². The summed E-state index contributed by atoms with van der Waals surface area (Å²) < 4.78 is 5.97. The highest BCUT2D eigenvalue weighted by atomic mass is 16.5. The van der Waals surface area contributed by atoms with E-state index in [9.17, 15) is 24.3 Å². The molecular formula is C51H73N5O7. The van der Waals surface area contributed by atoms with Crippen molar-refractivity contribution in [2.45, 2.75) is 91.5 Å². The van der Waals surface area contributed by atoms with Crippen LogP contribution in [0.1, 0.15) is 120 Å². The summed E-state index contributed by atoms with van der Waals surface area (Å²) in [5, 5.41) is 15.2. The van der Waals surface area contributed by atoms with Crippen LogP contribution in [0, 0.1) is 24.2 Å². The lowest BCUT2D eigenvalue weighted by Gasteiger charge is -2.31. The average Bonchev–Trinajstić information content (AvgIpc) is 3.97. The summed E-state index contributed by atoms with van der Waals surface area (Å²) in [5.74, 6) is 0.154. The molecule has 0 bridgehead atoms. The number of ether oxygens (including phenoxy) is 1. The maximum Gasteiger partial charge on any atom is 0.223 e. The number of allylic oxidation sites excluding steroid dienone is 1. The van der Waals surface area contributed by atoms with E-state index in [1.165, 1.54) is 106 Å². The van der Waals surface area contributed by atoms with Gasteiger partial charge < -0.3 is 39.9 Å². The highest BCUT2D eigenvalue weighted by molar-refractivity contribution is 6.05. The fourth-order valence-electron chi connectivity index (χ4n) is 8.25. The first kappa shape index (κ1) is 53.7. The zero-order valence-corrected chi connectivity index (χ0v) is 39.1. The van der Waals surface area contributed by atoms with E-state index in [1.807, 2.05) is 32.3 Å². The maximum atomic E-state index is 12.2. The molecule has 2 heterocycles. The summed E-state index contributed by atoms with van der Waals surface area (Å²) in [6.45, 7) is 16.8. The molecule has 1 saturated carbocycles. The van der Waals surface area contributed by atoms with E-state index in [0.29, 0.717) is 18.0 Å². The Balaban J connectivity index is 0.000000401. The lowest BCUT2D eigenvalue weighted by Crippen LogP contribution is -2.33. The number of ketones is 1. The van der Waals surface area contributed by atoms with Crippen molar-refractivity contribution in [3.63, 3.8) is 0 Å². The van der Waals surface area contributed by atoms with Crippen LogP contribution < -0.4 is 15.4 Å². The highest BCUT2D eigenvalue weighted by Crippen LogP contribution is 2.59. The monoisotopic (exact) mass is 868 g/mol. The van der Waals surface area contributed by atoms with Gasteiger partial charge in [0.15, 0.2) is 12.1 Å². The van der Waals surface area contributed by atoms with E-state index in [0.717, 1.165) is 35.8 Å². The second-order valence-electron chi connectivity index (χ2n) is 16.4. The molecule has 12 nitrogen and oxygen atoms in total. The molecule has 5 rings (SSSR count). The number of methoxy groups -OCH3 is 1. The van der Waals surface area contributed by atoms with Gasteiger partial charge in [-0.2, -0.15) is 0 Å². The van der Waals surface area contributed by atoms with Crippen molar-refractivity contribution in [3.05, 3.63) is 107 Å². The van der Waals surface area contributed by atoms with Gasteiger partial charge in [0.05, 0.1) is 12.7 Å². The van der Waals surface area contributed by atoms with Gasteiger partial charge in [0.1, 0.15) is 24.6 Å². The summed E-state index contributed by atoms with van der Waals surface area (Å²) in [5.41, 5.74) is 7.99. The predicted octanol–water partition coefficient (Wildman–Crippen LogP) is 8.03. The molecule has 0 radical (unpaired) electrons. The number of phenols is 1. The Morgan fingerprint density at radius 1 is 1.10 bits per heavy atom. The molecule has 2 aromatic carbocycles. The van der Waals surface area contributed by atoms with Crippen molar-refractivity contribution >= 4 is 36.6 Å². The van der Waals surface area contributed by atoms with Crippen LogP contribution in [0.2, 0.25) is 0 Å². The number of Topliss-reactive ketones (excluding diaryl/α,β-unsaturated/α-hetero) is 1. The van der Waals surface area contributed by atoms with Gasteiger partial charge in [-0.15, -0.1) is 6.58 Å². The number of carbonyl (C=O) groups is 5. The number of benzene rings is 2. The van der Waals surface area contributed by atoms with Gasteiger partial charge in [0.25, 0.3) is 0 Å². The van der Waals surface area contributed by atoms with Gasteiger partial charge in [0, 0.05) is 81.2 Å². The second-order valence-corrected chi connectivity index (χ2v) is 16.4. The zero-order valence-electron chi connectivity index (χ0n) is 39.1. The third-order valence-electron chi connectivity index (χ3n) is 12.1. The van der Waals surface area contributed by atoms with Gasteiger partial charge in [0.2, 0.25) is 5.91 Å². The third-order valence-corrected chi connectivity index (χ3v) is 12.1. The minimum atomic E-state index is -0.644. The molecule has 1 spiro atoms. The molecule has 12 heteroatoms. The Kier molecular flexibility index (Phi) is 24.1. The second kappa shape index (κ2) is 28.3. The lowest BCUT2D eigenvalue weighted by atomic mass is 9.90. The van der Waals surface area contributed by atoms with Crippen molar-refractivity contribution in [2.24, 2.45) is 17.3 Å². The summed E-state index contributed by atoms with van der Waals surface area (Å²) >= 11 is 0. The minimum Gasteiger partial charge on any atom is -0.507 e. The summed E-state index contributed by atoms with van der Waals surface area (Å²) in [7, 11) is 9.74. The minimum absolute atomic E-state index is 0.0741. The van der Waals surface area contributed by atoms with Crippen LogP contribution in [0.5, 0.6) is 11.5 Å². The number of amides is 1. The standard InChI is InChI=1S/C29H42N4O.C15H17NO5.C6H12.CH2O/c1-7-22-14-23(26(18-30-3)25-8-11-31-17-21(25)2)15-28(34-6)27(22)20-33(5)19-24-16-29(24)9-12-32(4)13-10-29;1-16-15(21)10(4-3-7-17)8-14(20)11-5-2-6-13(19)12(11)9-18;1-3-5-6-4-2;1-2/h8,11,14-15,17-18,24,30H,7,9-10,12-13,16,19-20H2,1-6H3;2,5-7,9-10,19H,3-4,8H2,1H3,(H,16,21);3H,1,4-6H2,2H3;1H2/b26-18-;;;. The van der Waals surface area contributed by atoms with Gasteiger partial charge >= 0.3 is 0 Å². The molecule has 344 valence electrons. The number of nitrogens with one attached hydrogen (secondary N) is 2. The van der Waals surface area contributed by atoms with Gasteiger partial charge in [-0.25, -0.2) is 0 Å². The maximum absolute atomic E-state index is 12.2. The smallest absolute Gasteiger partial charge is 0.223 e. The van der Waals surface area contributed by atoms with E-state index < -0.39 is 11.7 Å². The van der Waals surface area contributed by atoms with Crippen LogP contribution in [-0.4, -0.2) is 106 Å². The molecule has 1 amide bonds. The first-order valence-corrected chi connectivity index (χ1v) is 22.1. The number of aromatic nitrogens is 1. The fraction of sp³-hybridized carbons (Fsp3) is 0.490. The molecule has 2 atom stereocenters. The number of hydrogen-bond donors (Lipinski definition) is 3. The molecule has 63 heavy (non-hydrogen) atoms. The molecule has 2 aliphatic rings. The average molecular weight is 868 g/mol. The number of phenolic OH excluding ortho intramolecular Hbond substituents is 1. The Morgan fingerprint density at radius 2 is 1.81 bits per heavy atom. The summed E-state index contributed by atoms with van der Waals surface area (Å²) in [6.07, 6.45) is 18.1. The first-order valence-electron chi connectivity index (χ1n) is 22.1. The lowest BCUT2D eigenvalue weighted by molar-refractivity contribution is -0.124. The van der Waals surface area contributed by atoms with Crippen LogP contribution in [-0.2, 0) is 27.3 Å². The Labute approximate surface area is 376 Å². The fourth-order valence-corrected chi connectivity index (χ4v) is 8.25. The number of piperidine rings is 1. The normalized spacial score (nSPS) is 15.5. The molecule has 1 aliphatic carbocycles. The number of pyridine rings is 1. The van der Waals surface area contributed by atoms with Crippen molar-refractivity contribution in [3.8, 4) is 11.5 Å². The van der Waals surface area contributed by atoms with Gasteiger partial charge in [-0.05, 0) is 124 Å². The van der Waals surface area contributed by atoms with Crippen molar-refractivity contribution in [1.29, 1.82) is 0 Å². The van der Waals surface area contributed by atoms with E-state index in [1.54, 1.807) is 7.11 Å². The molecule has 3 N–H and O–H groups in total. The molecule has 1 aromatic heterocycles.